The molecule has 1 atom stereocenters. The van der Waals surface area contributed by atoms with Crippen LogP contribution in [0.2, 0.25) is 0 Å². The van der Waals surface area contributed by atoms with Crippen molar-refractivity contribution in [3.8, 4) is 0 Å². The Morgan fingerprint density at radius 2 is 2.12 bits per heavy atom. The van der Waals surface area contributed by atoms with Crippen LogP contribution in [0.25, 0.3) is 11.0 Å². The molecule has 0 aliphatic heterocycles. The fraction of sp³-hybridized carbons (Fsp3) is 0.143. The molecule has 2 heterocycles. The first-order valence-corrected chi connectivity index (χ1v) is 6.84. The zero-order valence-corrected chi connectivity index (χ0v) is 10.7. The van der Waals surface area contributed by atoms with Crippen LogP contribution < -0.4 is 0 Å². The Morgan fingerprint density at radius 3 is 2.94 bits per heavy atom. The van der Waals surface area contributed by atoms with Crippen LogP contribution in [0.3, 0.4) is 0 Å². The van der Waals surface area contributed by atoms with Crippen LogP contribution in [0.5, 0.6) is 0 Å². The Hall–Kier alpha value is -1.25. The highest BCUT2D eigenvalue weighted by molar-refractivity contribution is 7.07. The third-order valence-corrected chi connectivity index (χ3v) is 3.96. The number of rotatable bonds is 3. The number of alkyl halides is 1. The van der Waals surface area contributed by atoms with Crippen molar-refractivity contribution in [2.75, 3.05) is 0 Å². The first kappa shape index (κ1) is 10.9. The summed E-state index contributed by atoms with van der Waals surface area (Å²) in [5.74, 6) is 0. The number of furan rings is 1. The first-order valence-electron chi connectivity index (χ1n) is 5.46. The monoisotopic (exact) mass is 262 g/mol. The summed E-state index contributed by atoms with van der Waals surface area (Å²) in [6.07, 6.45) is 2.61. The molecule has 0 saturated heterocycles. The Morgan fingerprint density at radius 1 is 1.24 bits per heavy atom. The fourth-order valence-corrected chi connectivity index (χ4v) is 3.00. The van der Waals surface area contributed by atoms with Gasteiger partial charge in [-0.2, -0.15) is 11.3 Å². The average Bonchev–Trinajstić information content (AvgIpc) is 2.96. The summed E-state index contributed by atoms with van der Waals surface area (Å²) in [4.78, 5) is 0. The second kappa shape index (κ2) is 4.55. The molecule has 3 heteroatoms. The van der Waals surface area contributed by atoms with Crippen molar-refractivity contribution in [3.05, 3.63) is 58.5 Å². The second-order valence-electron chi connectivity index (χ2n) is 3.99. The van der Waals surface area contributed by atoms with Gasteiger partial charge in [-0.05, 0) is 34.9 Å². The smallest absolute Gasteiger partial charge is 0.134 e. The molecule has 0 N–H and O–H groups in total. The van der Waals surface area contributed by atoms with E-state index in [2.05, 4.69) is 22.9 Å². The summed E-state index contributed by atoms with van der Waals surface area (Å²) < 4.78 is 5.51. The lowest BCUT2D eigenvalue weighted by molar-refractivity contribution is 0.609. The maximum Gasteiger partial charge on any atom is 0.134 e. The average molecular weight is 263 g/mol. The van der Waals surface area contributed by atoms with Crippen molar-refractivity contribution >= 4 is 33.9 Å². The molecule has 0 aliphatic rings. The largest absolute Gasteiger partial charge is 0.464 e. The van der Waals surface area contributed by atoms with Gasteiger partial charge in [0, 0.05) is 10.9 Å². The Labute approximate surface area is 109 Å². The van der Waals surface area contributed by atoms with Gasteiger partial charge in [-0.25, -0.2) is 0 Å². The van der Waals surface area contributed by atoms with E-state index in [4.69, 9.17) is 16.0 Å². The molecule has 3 rings (SSSR count). The van der Waals surface area contributed by atoms with E-state index in [1.54, 1.807) is 17.6 Å². The third-order valence-electron chi connectivity index (χ3n) is 2.84. The lowest BCUT2D eigenvalue weighted by Gasteiger charge is -2.05. The Bertz CT molecular complexity index is 612. The van der Waals surface area contributed by atoms with Crippen LogP contribution in [0.4, 0.5) is 0 Å². The third kappa shape index (κ3) is 2.11. The molecule has 1 nitrogen and oxygen atoms in total. The van der Waals surface area contributed by atoms with Gasteiger partial charge in [-0.15, -0.1) is 11.6 Å². The highest BCUT2D eigenvalue weighted by Crippen LogP contribution is 2.32. The van der Waals surface area contributed by atoms with Crippen LogP contribution in [0.1, 0.15) is 16.5 Å². The SMILES string of the molecule is ClC(Cc1ccsc1)c1coc2ccccc12. The second-order valence-corrected chi connectivity index (χ2v) is 5.30. The number of benzene rings is 1. The normalized spacial score (nSPS) is 13.0. The van der Waals surface area contributed by atoms with Gasteiger partial charge in [0.05, 0.1) is 11.6 Å². The van der Waals surface area contributed by atoms with E-state index < -0.39 is 0 Å². The summed E-state index contributed by atoms with van der Waals surface area (Å²) in [5.41, 5.74) is 3.26. The fourth-order valence-electron chi connectivity index (χ4n) is 1.97. The molecular weight excluding hydrogens is 252 g/mol. The molecule has 0 radical (unpaired) electrons. The topological polar surface area (TPSA) is 13.1 Å². The summed E-state index contributed by atoms with van der Waals surface area (Å²) in [6.45, 7) is 0. The molecule has 1 unspecified atom stereocenters. The van der Waals surface area contributed by atoms with E-state index >= 15 is 0 Å². The van der Waals surface area contributed by atoms with Gasteiger partial charge in [0.2, 0.25) is 0 Å². The number of fused-ring (bicyclic) bond motifs is 1. The molecule has 86 valence electrons. The van der Waals surface area contributed by atoms with E-state index in [1.165, 1.54) is 5.56 Å². The van der Waals surface area contributed by atoms with Crippen molar-refractivity contribution in [3.63, 3.8) is 0 Å². The Balaban J connectivity index is 1.93. The molecule has 1 aromatic carbocycles. The van der Waals surface area contributed by atoms with Gasteiger partial charge in [0.25, 0.3) is 0 Å². The highest BCUT2D eigenvalue weighted by Gasteiger charge is 2.15. The van der Waals surface area contributed by atoms with Gasteiger partial charge in [0.15, 0.2) is 0 Å². The summed E-state index contributed by atoms with van der Waals surface area (Å²) in [6, 6.07) is 10.1. The van der Waals surface area contributed by atoms with Crippen molar-refractivity contribution in [1.82, 2.24) is 0 Å². The van der Waals surface area contributed by atoms with Gasteiger partial charge in [-0.3, -0.25) is 0 Å². The maximum absolute atomic E-state index is 6.46. The van der Waals surface area contributed by atoms with Crippen molar-refractivity contribution in [2.45, 2.75) is 11.8 Å². The molecule has 0 spiro atoms. The van der Waals surface area contributed by atoms with Crippen molar-refractivity contribution in [2.24, 2.45) is 0 Å². The quantitative estimate of drug-likeness (QED) is 0.604. The van der Waals surface area contributed by atoms with Gasteiger partial charge >= 0.3 is 0 Å². The molecule has 3 aromatic rings. The molecule has 0 fully saturated rings. The number of thiophene rings is 1. The minimum atomic E-state index is -0.0340. The highest BCUT2D eigenvalue weighted by atomic mass is 35.5. The van der Waals surface area contributed by atoms with E-state index in [0.717, 1.165) is 23.0 Å². The van der Waals surface area contributed by atoms with Crippen LogP contribution in [-0.4, -0.2) is 0 Å². The predicted octanol–water partition coefficient (Wildman–Crippen LogP) is 5.02. The lowest BCUT2D eigenvalue weighted by Crippen LogP contribution is -1.93. The molecule has 0 amide bonds. The molecule has 17 heavy (non-hydrogen) atoms. The predicted molar refractivity (Wildman–Crippen MR) is 72.8 cm³/mol. The number of para-hydroxylation sites is 1. The minimum Gasteiger partial charge on any atom is -0.464 e. The van der Waals surface area contributed by atoms with E-state index in [0.29, 0.717) is 0 Å². The maximum atomic E-state index is 6.46. The Kier molecular flexibility index (Phi) is 2.91. The van der Waals surface area contributed by atoms with E-state index in [-0.39, 0.29) is 5.38 Å². The minimum absolute atomic E-state index is 0.0340. The van der Waals surface area contributed by atoms with Crippen molar-refractivity contribution in [1.29, 1.82) is 0 Å². The summed E-state index contributed by atoms with van der Waals surface area (Å²) in [5, 5.41) is 5.29. The van der Waals surface area contributed by atoms with Crippen molar-refractivity contribution < 1.29 is 4.42 Å². The molecule has 2 aromatic heterocycles. The summed E-state index contributed by atoms with van der Waals surface area (Å²) >= 11 is 8.16. The van der Waals surface area contributed by atoms with Crippen LogP contribution in [-0.2, 0) is 6.42 Å². The standard InChI is InChI=1S/C14H11ClOS/c15-13(7-10-5-6-17-9-10)12-8-16-14-4-2-1-3-11(12)14/h1-6,8-9,13H,7H2. The molecule has 0 aliphatic carbocycles. The van der Waals surface area contributed by atoms with Gasteiger partial charge in [0.1, 0.15) is 5.58 Å². The van der Waals surface area contributed by atoms with E-state index in [9.17, 15) is 0 Å². The van der Waals surface area contributed by atoms with Crippen LogP contribution in [0, 0.1) is 0 Å². The zero-order chi connectivity index (χ0) is 11.7. The van der Waals surface area contributed by atoms with Crippen LogP contribution in [0.15, 0.2) is 51.8 Å². The first-order chi connectivity index (χ1) is 8.34. The van der Waals surface area contributed by atoms with Crippen LogP contribution >= 0.6 is 22.9 Å². The molecular formula is C14H11ClOS. The van der Waals surface area contributed by atoms with Gasteiger partial charge in [-0.1, -0.05) is 18.2 Å². The lowest BCUT2D eigenvalue weighted by atomic mass is 10.1. The van der Waals surface area contributed by atoms with Gasteiger partial charge < -0.3 is 4.42 Å². The summed E-state index contributed by atoms with van der Waals surface area (Å²) in [7, 11) is 0. The number of halogens is 1. The zero-order valence-electron chi connectivity index (χ0n) is 9.10. The molecule has 0 bridgehead atoms. The number of hydrogen-bond donors (Lipinski definition) is 0. The number of hydrogen-bond acceptors (Lipinski definition) is 2. The van der Waals surface area contributed by atoms with E-state index in [1.807, 2.05) is 18.2 Å². The molecule has 0 saturated carbocycles.